The Hall–Kier alpha value is -4.02. The Balaban J connectivity index is 1.17. The van der Waals surface area contributed by atoms with Gasteiger partial charge in [-0.25, -0.2) is 14.6 Å². The monoisotopic (exact) mass is 543 g/mol. The molecule has 1 N–H and O–H groups in total. The van der Waals surface area contributed by atoms with Crippen molar-refractivity contribution in [2.24, 2.45) is 14.1 Å². The summed E-state index contributed by atoms with van der Waals surface area (Å²) in [6.45, 7) is 1.27. The van der Waals surface area contributed by atoms with Crippen LogP contribution in [0.25, 0.3) is 11.2 Å². The number of hydrogen-bond acceptors (Lipinski definition) is 7. The van der Waals surface area contributed by atoms with E-state index < -0.39 is 17.3 Å². The Morgan fingerprint density at radius 3 is 2.08 bits per heavy atom. The van der Waals surface area contributed by atoms with Gasteiger partial charge >= 0.3 is 11.7 Å². The Bertz CT molecular complexity index is 1610. The molecular weight excluding hydrogens is 510 g/mol. The number of fused-ring (bicyclic) bond motifs is 3. The van der Waals surface area contributed by atoms with Gasteiger partial charge in [0.15, 0.2) is 11.2 Å². The quantitative estimate of drug-likeness (QED) is 0.355. The number of aliphatic hydroxyl groups is 1. The smallest absolute Gasteiger partial charge is 0.347 e. The largest absolute Gasteiger partial charge is 0.460 e. The number of piperidine rings is 1. The van der Waals surface area contributed by atoms with Gasteiger partial charge in [-0.1, -0.05) is 60.7 Å². The molecule has 2 aliphatic rings. The lowest BCUT2D eigenvalue weighted by Gasteiger charge is -2.39. The van der Waals surface area contributed by atoms with Crippen molar-refractivity contribution in [3.63, 3.8) is 0 Å². The number of ether oxygens (including phenoxy) is 1. The van der Waals surface area contributed by atoms with Crippen LogP contribution in [0.5, 0.6) is 0 Å². The number of nitrogens with zero attached hydrogens (tertiary/aromatic N) is 5. The maximum Gasteiger partial charge on any atom is 0.347 e. The number of carbonyl (C=O) groups is 1. The third kappa shape index (κ3) is 4.28. The summed E-state index contributed by atoms with van der Waals surface area (Å²) in [7, 11) is 3.09. The second-order valence-corrected chi connectivity index (χ2v) is 10.9. The molecule has 2 aromatic heterocycles. The van der Waals surface area contributed by atoms with Gasteiger partial charge in [0.25, 0.3) is 5.56 Å². The van der Waals surface area contributed by atoms with Gasteiger partial charge in [-0.3, -0.25) is 18.8 Å². The molecule has 0 spiro atoms. The summed E-state index contributed by atoms with van der Waals surface area (Å²) in [6.07, 6.45) is 4.70. The van der Waals surface area contributed by atoms with Crippen molar-refractivity contribution in [2.45, 2.75) is 56.0 Å². The maximum absolute atomic E-state index is 13.6. The zero-order valence-electron chi connectivity index (χ0n) is 22.6. The lowest BCUT2D eigenvalue weighted by Crippen LogP contribution is -2.49. The molecule has 2 aliphatic heterocycles. The third-order valence-corrected chi connectivity index (χ3v) is 8.61. The number of aryl methyl sites for hydroxylation is 1. The number of aromatic nitrogens is 4. The van der Waals surface area contributed by atoms with Gasteiger partial charge in [0, 0.05) is 52.1 Å². The van der Waals surface area contributed by atoms with Gasteiger partial charge in [0.2, 0.25) is 5.60 Å². The fraction of sp³-hybridized carbons (Fsp3) is 0.400. The molecule has 2 saturated heterocycles. The first-order chi connectivity index (χ1) is 19.3. The van der Waals surface area contributed by atoms with E-state index in [1.54, 1.807) is 61.9 Å². The number of rotatable bonds is 7. The predicted octanol–water partition coefficient (Wildman–Crippen LogP) is 1.91. The van der Waals surface area contributed by atoms with Crippen molar-refractivity contribution in [3.05, 3.63) is 99.0 Å². The van der Waals surface area contributed by atoms with E-state index in [0.29, 0.717) is 48.2 Å². The molecule has 0 radical (unpaired) electrons. The minimum atomic E-state index is -1.90. The van der Waals surface area contributed by atoms with Crippen molar-refractivity contribution < 1.29 is 14.6 Å². The highest BCUT2D eigenvalue weighted by molar-refractivity contribution is 5.85. The number of carbonyl (C=O) groups excluding carboxylic acids is 1. The fourth-order valence-electron chi connectivity index (χ4n) is 6.47. The van der Waals surface area contributed by atoms with E-state index in [1.165, 1.54) is 11.6 Å². The van der Waals surface area contributed by atoms with E-state index in [-0.39, 0.29) is 23.7 Å². The normalized spacial score (nSPS) is 21.1. The second-order valence-electron chi connectivity index (χ2n) is 10.9. The molecule has 208 valence electrons. The molecule has 6 rings (SSSR count). The number of benzene rings is 2. The molecular formula is C30H33N5O5. The molecule has 2 bridgehead atoms. The van der Waals surface area contributed by atoms with Gasteiger partial charge in [-0.15, -0.1) is 0 Å². The van der Waals surface area contributed by atoms with Crippen LogP contribution in [0.2, 0.25) is 0 Å². The van der Waals surface area contributed by atoms with Crippen LogP contribution >= 0.6 is 0 Å². The molecule has 40 heavy (non-hydrogen) atoms. The Labute approximate surface area is 231 Å². The van der Waals surface area contributed by atoms with Crippen LogP contribution in [0.3, 0.4) is 0 Å². The van der Waals surface area contributed by atoms with Gasteiger partial charge in [0.05, 0.1) is 6.33 Å². The van der Waals surface area contributed by atoms with Crippen molar-refractivity contribution in [1.82, 2.24) is 23.6 Å². The molecule has 0 aliphatic carbocycles. The van der Waals surface area contributed by atoms with E-state index in [2.05, 4.69) is 9.88 Å². The van der Waals surface area contributed by atoms with Crippen LogP contribution < -0.4 is 11.2 Å². The van der Waals surface area contributed by atoms with Crippen LogP contribution in [0.1, 0.15) is 36.8 Å². The fourth-order valence-corrected chi connectivity index (χ4v) is 6.47. The van der Waals surface area contributed by atoms with E-state index in [9.17, 15) is 19.5 Å². The van der Waals surface area contributed by atoms with Crippen LogP contribution in [-0.2, 0) is 35.8 Å². The van der Waals surface area contributed by atoms with Crippen LogP contribution in [0.15, 0.2) is 76.6 Å². The highest BCUT2D eigenvalue weighted by Gasteiger charge is 2.46. The molecule has 4 aromatic rings. The van der Waals surface area contributed by atoms with E-state index in [4.69, 9.17) is 4.74 Å². The van der Waals surface area contributed by atoms with Crippen molar-refractivity contribution in [1.29, 1.82) is 0 Å². The Kier molecular flexibility index (Phi) is 6.67. The average Bonchev–Trinajstić information content (AvgIpc) is 3.51. The zero-order valence-corrected chi connectivity index (χ0v) is 22.6. The first-order valence-corrected chi connectivity index (χ1v) is 13.7. The molecule has 2 aromatic carbocycles. The molecule has 0 amide bonds. The Morgan fingerprint density at radius 1 is 0.925 bits per heavy atom. The van der Waals surface area contributed by atoms with Gasteiger partial charge in [-0.05, 0) is 24.0 Å². The molecule has 10 heteroatoms. The maximum atomic E-state index is 13.6. The first-order valence-electron chi connectivity index (χ1n) is 13.7. The minimum Gasteiger partial charge on any atom is -0.460 e. The van der Waals surface area contributed by atoms with Gasteiger partial charge in [0.1, 0.15) is 6.10 Å². The first kappa shape index (κ1) is 26.2. The minimum absolute atomic E-state index is 0.236. The summed E-state index contributed by atoms with van der Waals surface area (Å²) in [5, 5.41) is 11.8. The van der Waals surface area contributed by atoms with Crippen LogP contribution in [-0.4, -0.2) is 59.4 Å². The van der Waals surface area contributed by atoms with E-state index >= 15 is 0 Å². The predicted molar refractivity (Wildman–Crippen MR) is 149 cm³/mol. The lowest BCUT2D eigenvalue weighted by molar-refractivity contribution is -0.171. The van der Waals surface area contributed by atoms with Crippen molar-refractivity contribution in [3.8, 4) is 0 Å². The number of hydrogen-bond donors (Lipinski definition) is 1. The third-order valence-electron chi connectivity index (χ3n) is 8.61. The summed E-state index contributed by atoms with van der Waals surface area (Å²) in [5.74, 6) is -0.658. The summed E-state index contributed by atoms with van der Waals surface area (Å²) in [4.78, 5) is 45.4. The SMILES string of the molecule is Cn1c(=O)c2c(ncn2CCN2C3CCC2CC(OC(=O)C(O)(c2ccccc2)c2ccccc2)C3)n(C)c1=O. The average molecular weight is 544 g/mol. The van der Waals surface area contributed by atoms with Crippen LogP contribution in [0.4, 0.5) is 0 Å². The number of esters is 1. The molecule has 2 fully saturated rings. The second kappa shape index (κ2) is 10.2. The molecule has 10 nitrogen and oxygen atoms in total. The molecule has 2 unspecified atom stereocenters. The van der Waals surface area contributed by atoms with Crippen molar-refractivity contribution in [2.75, 3.05) is 6.54 Å². The van der Waals surface area contributed by atoms with Crippen molar-refractivity contribution >= 4 is 17.1 Å². The molecule has 0 saturated carbocycles. The molecule has 4 heterocycles. The Morgan fingerprint density at radius 2 is 1.50 bits per heavy atom. The summed E-state index contributed by atoms with van der Waals surface area (Å²) >= 11 is 0. The van der Waals surface area contributed by atoms with E-state index in [1.807, 2.05) is 16.7 Å². The zero-order chi connectivity index (χ0) is 28.0. The number of imidazole rings is 1. The summed E-state index contributed by atoms with van der Waals surface area (Å²) in [5.41, 5.74) is -0.899. The topological polar surface area (TPSA) is 112 Å². The van der Waals surface area contributed by atoms with Gasteiger partial charge < -0.3 is 14.4 Å². The van der Waals surface area contributed by atoms with Crippen LogP contribution in [0, 0.1) is 0 Å². The standard InChI is InChI=1S/C30H33N5O5/c1-32-26-25(27(36)33(2)29(32)38)34(19-31-26)15-16-35-22-13-14-23(35)18-24(17-22)40-28(37)30(39,20-9-5-3-6-10-20)21-11-7-4-8-12-21/h3-12,19,22-24,39H,13-18H2,1-2H3. The lowest BCUT2D eigenvalue weighted by atomic mass is 9.86. The van der Waals surface area contributed by atoms with Gasteiger partial charge in [-0.2, -0.15) is 0 Å². The highest BCUT2D eigenvalue weighted by Crippen LogP contribution is 2.39. The highest BCUT2D eigenvalue weighted by atomic mass is 16.6. The van der Waals surface area contributed by atoms with E-state index in [0.717, 1.165) is 17.4 Å². The summed E-state index contributed by atoms with van der Waals surface area (Å²) in [6, 6.07) is 18.3. The summed E-state index contributed by atoms with van der Waals surface area (Å²) < 4.78 is 10.4. The molecule has 2 atom stereocenters.